The quantitative estimate of drug-likeness (QED) is 0.503. The molecule has 74 valence electrons. The van der Waals surface area contributed by atoms with Crippen LogP contribution in [-0.4, -0.2) is 35.0 Å². The summed E-state index contributed by atoms with van der Waals surface area (Å²) < 4.78 is 15.0. The molecule has 6 heteroatoms. The molecule has 0 bridgehead atoms. The summed E-state index contributed by atoms with van der Waals surface area (Å²) in [6.45, 7) is 1.93. The summed E-state index contributed by atoms with van der Waals surface area (Å²) in [5.41, 5.74) is 0. The van der Waals surface area contributed by atoms with Gasteiger partial charge in [0.2, 0.25) is 0 Å². The van der Waals surface area contributed by atoms with Gasteiger partial charge in [-0.3, -0.25) is 9.42 Å². The highest BCUT2D eigenvalue weighted by atomic mass is 31.2. The molecule has 0 heterocycles. The number of nitrogens with zero attached hydrogens (tertiary/aromatic N) is 1. The Balaban J connectivity index is 4.05. The first kappa shape index (κ1) is 12.1. The van der Waals surface area contributed by atoms with Crippen molar-refractivity contribution < 1.29 is 18.9 Å². The molecule has 0 aliphatic rings. The van der Waals surface area contributed by atoms with Crippen LogP contribution in [0.25, 0.3) is 0 Å². The Hall–Kier alpha value is 0.0700. The zero-order valence-corrected chi connectivity index (χ0v) is 8.49. The first-order valence-electron chi connectivity index (χ1n) is 3.77. The summed E-state index contributed by atoms with van der Waals surface area (Å²) >= 11 is 0. The summed E-state index contributed by atoms with van der Waals surface area (Å²) in [4.78, 5) is 18.7. The first-order chi connectivity index (χ1) is 5.37. The normalized spacial score (nSPS) is 15.2. The van der Waals surface area contributed by atoms with E-state index < -0.39 is 14.1 Å². The van der Waals surface area contributed by atoms with Crippen LogP contribution in [0.3, 0.4) is 0 Å². The van der Waals surface area contributed by atoms with Gasteiger partial charge in [-0.15, -0.1) is 0 Å². The van der Waals surface area contributed by atoms with Crippen LogP contribution in [-0.2, 0) is 9.09 Å². The van der Waals surface area contributed by atoms with Crippen LogP contribution in [0.4, 0.5) is 0 Å². The second kappa shape index (κ2) is 4.94. The number of rotatable bonds is 5. The molecule has 0 radical (unpaired) electrons. The van der Waals surface area contributed by atoms with Crippen molar-refractivity contribution in [2.75, 3.05) is 14.1 Å². The SMILES string of the molecule is CCCC(OP(=O)(O)O)N(C)C. The number of hydrogen-bond acceptors (Lipinski definition) is 3. The van der Waals surface area contributed by atoms with Crippen LogP contribution < -0.4 is 0 Å². The average molecular weight is 197 g/mol. The Morgan fingerprint density at radius 2 is 2.00 bits per heavy atom. The molecule has 1 unspecified atom stereocenters. The maximum absolute atomic E-state index is 10.5. The Kier molecular flexibility index (Phi) is 4.97. The van der Waals surface area contributed by atoms with Gasteiger partial charge in [0.25, 0.3) is 0 Å². The van der Waals surface area contributed by atoms with E-state index >= 15 is 0 Å². The molecule has 0 saturated heterocycles. The molecule has 1 atom stereocenters. The summed E-state index contributed by atoms with van der Waals surface area (Å²) in [6.07, 6.45) is 0.928. The van der Waals surface area contributed by atoms with Gasteiger partial charge in [0, 0.05) is 0 Å². The van der Waals surface area contributed by atoms with E-state index in [4.69, 9.17) is 9.79 Å². The molecule has 0 spiro atoms. The van der Waals surface area contributed by atoms with Crippen molar-refractivity contribution in [2.45, 2.75) is 26.0 Å². The fourth-order valence-corrected chi connectivity index (χ4v) is 1.42. The lowest BCUT2D eigenvalue weighted by Crippen LogP contribution is -2.29. The fourth-order valence-electron chi connectivity index (χ4n) is 0.811. The molecule has 0 aliphatic heterocycles. The predicted octanol–water partition coefficient (Wildman–Crippen LogP) is 0.783. The highest BCUT2D eigenvalue weighted by Crippen LogP contribution is 2.38. The lowest BCUT2D eigenvalue weighted by molar-refractivity contribution is 0.0278. The van der Waals surface area contributed by atoms with Crippen LogP contribution in [0.5, 0.6) is 0 Å². The van der Waals surface area contributed by atoms with Crippen molar-refractivity contribution >= 4 is 7.82 Å². The highest BCUT2D eigenvalue weighted by molar-refractivity contribution is 7.46. The van der Waals surface area contributed by atoms with Gasteiger partial charge in [-0.1, -0.05) is 13.3 Å². The molecule has 0 aromatic rings. The largest absolute Gasteiger partial charge is 0.471 e. The Morgan fingerprint density at radius 1 is 1.50 bits per heavy atom. The maximum atomic E-state index is 10.5. The Morgan fingerprint density at radius 3 is 2.25 bits per heavy atom. The zero-order valence-electron chi connectivity index (χ0n) is 7.60. The van der Waals surface area contributed by atoms with E-state index in [0.29, 0.717) is 6.42 Å². The van der Waals surface area contributed by atoms with Crippen LogP contribution >= 0.6 is 7.82 Å². The van der Waals surface area contributed by atoms with Gasteiger partial charge in [-0.05, 0) is 20.5 Å². The van der Waals surface area contributed by atoms with Crippen molar-refractivity contribution in [3.05, 3.63) is 0 Å². The third-order valence-corrected chi connectivity index (χ3v) is 1.89. The molecular formula is C6H16NO4P. The topological polar surface area (TPSA) is 70.0 Å². The monoisotopic (exact) mass is 197 g/mol. The third-order valence-electron chi connectivity index (χ3n) is 1.37. The van der Waals surface area contributed by atoms with Gasteiger partial charge in [0.05, 0.1) is 0 Å². The summed E-state index contributed by atoms with van der Waals surface area (Å²) in [5.74, 6) is 0. The minimum absolute atomic E-state index is 0.504. The van der Waals surface area contributed by atoms with Crippen LogP contribution in [0.1, 0.15) is 19.8 Å². The van der Waals surface area contributed by atoms with Gasteiger partial charge in [-0.25, -0.2) is 4.57 Å². The molecule has 0 rings (SSSR count). The van der Waals surface area contributed by atoms with E-state index in [1.807, 2.05) is 6.92 Å². The molecule has 0 aromatic carbocycles. The van der Waals surface area contributed by atoms with Crippen LogP contribution in [0.2, 0.25) is 0 Å². The van der Waals surface area contributed by atoms with Crippen molar-refractivity contribution in [1.29, 1.82) is 0 Å². The summed E-state index contributed by atoms with van der Waals surface area (Å²) in [5, 5.41) is 0. The minimum Gasteiger partial charge on any atom is -0.303 e. The summed E-state index contributed by atoms with van der Waals surface area (Å²) in [6, 6.07) is 0. The third kappa shape index (κ3) is 5.69. The van der Waals surface area contributed by atoms with E-state index in [9.17, 15) is 4.57 Å². The predicted molar refractivity (Wildman–Crippen MR) is 45.5 cm³/mol. The second-order valence-corrected chi connectivity index (χ2v) is 3.99. The van der Waals surface area contributed by atoms with E-state index in [-0.39, 0.29) is 0 Å². The molecule has 0 amide bonds. The van der Waals surface area contributed by atoms with E-state index in [2.05, 4.69) is 4.52 Å². The fraction of sp³-hybridized carbons (Fsp3) is 1.00. The Bertz CT molecular complexity index is 167. The van der Waals surface area contributed by atoms with E-state index in [1.165, 1.54) is 0 Å². The van der Waals surface area contributed by atoms with E-state index in [1.54, 1.807) is 19.0 Å². The number of phosphoric ester groups is 1. The molecule has 0 aliphatic carbocycles. The molecule has 0 fully saturated rings. The van der Waals surface area contributed by atoms with Gasteiger partial charge < -0.3 is 9.79 Å². The smallest absolute Gasteiger partial charge is 0.303 e. The molecule has 2 N–H and O–H groups in total. The van der Waals surface area contributed by atoms with Gasteiger partial charge in [0.15, 0.2) is 0 Å². The molecular weight excluding hydrogens is 181 g/mol. The highest BCUT2D eigenvalue weighted by Gasteiger charge is 2.22. The van der Waals surface area contributed by atoms with Crippen LogP contribution in [0, 0.1) is 0 Å². The lowest BCUT2D eigenvalue weighted by atomic mass is 10.3. The first-order valence-corrected chi connectivity index (χ1v) is 5.30. The van der Waals surface area contributed by atoms with Crippen LogP contribution in [0.15, 0.2) is 0 Å². The molecule has 12 heavy (non-hydrogen) atoms. The van der Waals surface area contributed by atoms with Gasteiger partial charge in [-0.2, -0.15) is 0 Å². The molecule has 0 aromatic heterocycles. The van der Waals surface area contributed by atoms with Crippen molar-refractivity contribution in [3.63, 3.8) is 0 Å². The summed E-state index contributed by atoms with van der Waals surface area (Å²) in [7, 11) is -0.911. The average Bonchev–Trinajstić information content (AvgIpc) is 1.83. The maximum Gasteiger partial charge on any atom is 0.471 e. The van der Waals surface area contributed by atoms with E-state index in [0.717, 1.165) is 6.42 Å². The van der Waals surface area contributed by atoms with Gasteiger partial charge >= 0.3 is 7.82 Å². The standard InChI is InChI=1S/C6H16NO4P/c1-4-5-6(7(2)3)11-12(8,9)10/h6H,4-5H2,1-3H3,(H2,8,9,10). The molecule has 0 saturated carbocycles. The van der Waals surface area contributed by atoms with Crippen molar-refractivity contribution in [2.24, 2.45) is 0 Å². The second-order valence-electron chi connectivity index (χ2n) is 2.80. The number of hydrogen-bond donors (Lipinski definition) is 2. The Labute approximate surface area is 72.6 Å². The van der Waals surface area contributed by atoms with Gasteiger partial charge in [0.1, 0.15) is 6.23 Å². The number of phosphoric acid groups is 1. The lowest BCUT2D eigenvalue weighted by Gasteiger charge is -2.23. The zero-order chi connectivity index (χ0) is 9.78. The molecule has 5 nitrogen and oxygen atoms in total. The van der Waals surface area contributed by atoms with Crippen molar-refractivity contribution in [1.82, 2.24) is 4.90 Å². The van der Waals surface area contributed by atoms with Crippen molar-refractivity contribution in [3.8, 4) is 0 Å². The minimum atomic E-state index is -4.35.